The van der Waals surface area contributed by atoms with Crippen LogP contribution in [0.3, 0.4) is 0 Å². The van der Waals surface area contributed by atoms with Gasteiger partial charge in [0.15, 0.2) is 0 Å². The zero-order chi connectivity index (χ0) is 15.1. The SMILES string of the molecule is CCCNc1cc(NCc2cccnn2)nc(C(C)C)n1. The molecule has 0 radical (unpaired) electrons. The third kappa shape index (κ3) is 4.66. The molecule has 0 atom stereocenters. The molecule has 2 aromatic rings. The molecule has 6 nitrogen and oxygen atoms in total. The zero-order valence-corrected chi connectivity index (χ0v) is 12.8. The van der Waals surface area contributed by atoms with Crippen LogP contribution in [0.1, 0.15) is 44.6 Å². The van der Waals surface area contributed by atoms with Crippen LogP contribution in [0.2, 0.25) is 0 Å². The van der Waals surface area contributed by atoms with E-state index in [0.717, 1.165) is 36.1 Å². The van der Waals surface area contributed by atoms with Crippen molar-refractivity contribution in [3.63, 3.8) is 0 Å². The topological polar surface area (TPSA) is 75.6 Å². The van der Waals surface area contributed by atoms with E-state index in [1.165, 1.54) is 0 Å². The van der Waals surface area contributed by atoms with Crippen LogP contribution in [0, 0.1) is 0 Å². The molecule has 2 heterocycles. The van der Waals surface area contributed by atoms with Gasteiger partial charge in [0.25, 0.3) is 0 Å². The van der Waals surface area contributed by atoms with Crippen molar-refractivity contribution >= 4 is 11.6 Å². The van der Waals surface area contributed by atoms with E-state index in [1.54, 1.807) is 6.20 Å². The molecule has 0 fully saturated rings. The minimum atomic E-state index is 0.283. The molecule has 112 valence electrons. The number of anilines is 2. The van der Waals surface area contributed by atoms with Crippen LogP contribution in [-0.4, -0.2) is 26.7 Å². The third-order valence-corrected chi connectivity index (χ3v) is 2.89. The van der Waals surface area contributed by atoms with Gasteiger partial charge in [-0.1, -0.05) is 20.8 Å². The molecule has 0 amide bonds. The first-order valence-electron chi connectivity index (χ1n) is 7.32. The molecule has 2 aromatic heterocycles. The Morgan fingerprint density at radius 3 is 2.52 bits per heavy atom. The van der Waals surface area contributed by atoms with Crippen LogP contribution in [0.4, 0.5) is 11.6 Å². The predicted molar refractivity (Wildman–Crippen MR) is 84.3 cm³/mol. The van der Waals surface area contributed by atoms with Crippen molar-refractivity contribution in [2.75, 3.05) is 17.2 Å². The van der Waals surface area contributed by atoms with Gasteiger partial charge < -0.3 is 10.6 Å². The van der Waals surface area contributed by atoms with Gasteiger partial charge >= 0.3 is 0 Å². The lowest BCUT2D eigenvalue weighted by atomic mass is 10.2. The molecule has 0 spiro atoms. The fraction of sp³-hybridized carbons (Fsp3) is 0.467. The highest BCUT2D eigenvalue weighted by Gasteiger charge is 2.08. The minimum absolute atomic E-state index is 0.283. The predicted octanol–water partition coefficient (Wildman–Crippen LogP) is 2.82. The van der Waals surface area contributed by atoms with Crippen LogP contribution >= 0.6 is 0 Å². The first kappa shape index (κ1) is 15.2. The van der Waals surface area contributed by atoms with Crippen molar-refractivity contribution in [2.45, 2.75) is 39.7 Å². The van der Waals surface area contributed by atoms with E-state index in [9.17, 15) is 0 Å². The van der Waals surface area contributed by atoms with Gasteiger partial charge in [-0.05, 0) is 18.6 Å². The van der Waals surface area contributed by atoms with Gasteiger partial charge in [-0.15, -0.1) is 0 Å². The second-order valence-electron chi connectivity index (χ2n) is 5.15. The third-order valence-electron chi connectivity index (χ3n) is 2.89. The van der Waals surface area contributed by atoms with E-state index in [-0.39, 0.29) is 5.92 Å². The second kappa shape index (κ2) is 7.52. The summed E-state index contributed by atoms with van der Waals surface area (Å²) in [6, 6.07) is 5.73. The molecule has 0 saturated carbocycles. The fourth-order valence-electron chi connectivity index (χ4n) is 1.77. The van der Waals surface area contributed by atoms with Crippen molar-refractivity contribution in [1.29, 1.82) is 0 Å². The maximum atomic E-state index is 4.55. The van der Waals surface area contributed by atoms with Crippen molar-refractivity contribution in [1.82, 2.24) is 20.2 Å². The minimum Gasteiger partial charge on any atom is -0.370 e. The molecule has 0 saturated heterocycles. The lowest BCUT2D eigenvalue weighted by Crippen LogP contribution is -2.10. The van der Waals surface area contributed by atoms with Crippen LogP contribution in [0.15, 0.2) is 24.4 Å². The average Bonchev–Trinajstić information content (AvgIpc) is 2.51. The Kier molecular flexibility index (Phi) is 5.43. The lowest BCUT2D eigenvalue weighted by Gasteiger charge is -2.12. The first-order valence-corrected chi connectivity index (χ1v) is 7.32. The Bertz CT molecular complexity index is 555. The normalized spacial score (nSPS) is 10.7. The standard InChI is InChI=1S/C15H22N6/c1-4-7-16-13-9-14(20-15(19-13)11(2)3)17-10-12-6-5-8-18-21-12/h5-6,8-9,11H,4,7,10H2,1-3H3,(H2,16,17,19,20). The number of rotatable bonds is 7. The molecule has 2 N–H and O–H groups in total. The van der Waals surface area contributed by atoms with Gasteiger partial charge in [-0.2, -0.15) is 10.2 Å². The summed E-state index contributed by atoms with van der Waals surface area (Å²) in [5.41, 5.74) is 0.880. The number of hydrogen-bond acceptors (Lipinski definition) is 6. The van der Waals surface area contributed by atoms with E-state index in [4.69, 9.17) is 0 Å². The summed E-state index contributed by atoms with van der Waals surface area (Å²) in [6.07, 6.45) is 2.72. The monoisotopic (exact) mass is 286 g/mol. The quantitative estimate of drug-likeness (QED) is 0.815. The largest absolute Gasteiger partial charge is 0.370 e. The van der Waals surface area contributed by atoms with Gasteiger partial charge in [-0.3, -0.25) is 0 Å². The molecule has 0 bridgehead atoms. The first-order chi connectivity index (χ1) is 10.2. The van der Waals surface area contributed by atoms with Gasteiger partial charge in [0.2, 0.25) is 0 Å². The molecule has 0 aliphatic heterocycles. The Labute approximate surface area is 125 Å². The summed E-state index contributed by atoms with van der Waals surface area (Å²) in [5.74, 6) is 2.78. The van der Waals surface area contributed by atoms with Crippen LogP contribution in [0.5, 0.6) is 0 Å². The van der Waals surface area contributed by atoms with Crippen molar-refractivity contribution in [3.05, 3.63) is 35.9 Å². The van der Waals surface area contributed by atoms with E-state index >= 15 is 0 Å². The molecule has 0 unspecified atom stereocenters. The number of nitrogens with one attached hydrogen (secondary N) is 2. The highest BCUT2D eigenvalue weighted by atomic mass is 15.1. The molecular formula is C15H22N6. The fourth-order valence-corrected chi connectivity index (χ4v) is 1.77. The highest BCUT2D eigenvalue weighted by molar-refractivity contribution is 5.48. The summed E-state index contributed by atoms with van der Waals surface area (Å²) in [5, 5.41) is 14.5. The van der Waals surface area contributed by atoms with Crippen LogP contribution in [0.25, 0.3) is 0 Å². The smallest absolute Gasteiger partial charge is 0.135 e. The van der Waals surface area contributed by atoms with Crippen LogP contribution < -0.4 is 10.6 Å². The van der Waals surface area contributed by atoms with Gasteiger partial charge in [-0.25, -0.2) is 9.97 Å². The lowest BCUT2D eigenvalue weighted by molar-refractivity contribution is 0.773. The Morgan fingerprint density at radius 2 is 1.90 bits per heavy atom. The Morgan fingerprint density at radius 1 is 1.14 bits per heavy atom. The zero-order valence-electron chi connectivity index (χ0n) is 12.8. The van der Waals surface area contributed by atoms with Gasteiger partial charge in [0, 0.05) is 24.7 Å². The molecule has 0 aromatic carbocycles. The van der Waals surface area contributed by atoms with E-state index in [2.05, 4.69) is 51.6 Å². The number of hydrogen-bond donors (Lipinski definition) is 2. The Hall–Kier alpha value is -2.24. The maximum absolute atomic E-state index is 4.55. The van der Waals surface area contributed by atoms with E-state index in [0.29, 0.717) is 6.54 Å². The van der Waals surface area contributed by atoms with Crippen molar-refractivity contribution in [3.8, 4) is 0 Å². The number of nitrogens with zero attached hydrogens (tertiary/aromatic N) is 4. The summed E-state index contributed by atoms with van der Waals surface area (Å²) < 4.78 is 0. The molecule has 0 aliphatic carbocycles. The number of aromatic nitrogens is 4. The van der Waals surface area contributed by atoms with E-state index in [1.807, 2.05) is 18.2 Å². The summed E-state index contributed by atoms with van der Waals surface area (Å²) in [7, 11) is 0. The van der Waals surface area contributed by atoms with E-state index < -0.39 is 0 Å². The maximum Gasteiger partial charge on any atom is 0.135 e. The van der Waals surface area contributed by atoms with Gasteiger partial charge in [0.1, 0.15) is 17.5 Å². The Balaban J connectivity index is 2.11. The summed E-state index contributed by atoms with van der Waals surface area (Å²) in [4.78, 5) is 9.08. The second-order valence-corrected chi connectivity index (χ2v) is 5.15. The van der Waals surface area contributed by atoms with Crippen molar-refractivity contribution in [2.24, 2.45) is 0 Å². The van der Waals surface area contributed by atoms with Crippen molar-refractivity contribution < 1.29 is 0 Å². The molecule has 2 rings (SSSR count). The van der Waals surface area contributed by atoms with Gasteiger partial charge in [0.05, 0.1) is 12.2 Å². The molecular weight excluding hydrogens is 264 g/mol. The summed E-state index contributed by atoms with van der Waals surface area (Å²) >= 11 is 0. The average molecular weight is 286 g/mol. The molecule has 0 aliphatic rings. The summed E-state index contributed by atoms with van der Waals surface area (Å²) in [6.45, 7) is 7.80. The highest BCUT2D eigenvalue weighted by Crippen LogP contribution is 2.17. The van der Waals surface area contributed by atoms with Crippen LogP contribution in [-0.2, 0) is 6.54 Å². The molecule has 6 heteroatoms. The molecule has 21 heavy (non-hydrogen) atoms.